The minimum absolute atomic E-state index is 0.144. The molecule has 1 unspecified atom stereocenters. The lowest BCUT2D eigenvalue weighted by atomic mass is 10.1. The Hall–Kier alpha value is -3.30. The van der Waals surface area contributed by atoms with Crippen LogP contribution in [0.15, 0.2) is 29.3 Å². The van der Waals surface area contributed by atoms with Crippen LogP contribution in [0.1, 0.15) is 23.3 Å². The van der Waals surface area contributed by atoms with Crippen molar-refractivity contribution in [1.29, 1.82) is 0 Å². The Balaban J connectivity index is 2.04. The van der Waals surface area contributed by atoms with Crippen LogP contribution in [-0.2, 0) is 11.3 Å². The molecule has 0 fully saturated rings. The Labute approximate surface area is 135 Å². The van der Waals surface area contributed by atoms with Crippen LogP contribution < -0.4 is 11.3 Å². The summed E-state index contributed by atoms with van der Waals surface area (Å²) in [5.41, 5.74) is 6.05. The van der Waals surface area contributed by atoms with Gasteiger partial charge in [0.15, 0.2) is 0 Å². The number of anilines is 1. The van der Waals surface area contributed by atoms with E-state index in [0.717, 1.165) is 0 Å². The molecule has 2 aromatic heterocycles. The van der Waals surface area contributed by atoms with Crippen molar-refractivity contribution in [2.45, 2.75) is 19.5 Å². The van der Waals surface area contributed by atoms with Gasteiger partial charge in [0.1, 0.15) is 5.52 Å². The van der Waals surface area contributed by atoms with Gasteiger partial charge in [-0.1, -0.05) is 5.21 Å². The first-order valence-electron chi connectivity index (χ1n) is 7.12. The average Bonchev–Trinajstić information content (AvgIpc) is 3.07. The summed E-state index contributed by atoms with van der Waals surface area (Å²) in [6.45, 7) is 2.17. The minimum Gasteiger partial charge on any atom is -0.465 e. The molecule has 2 N–H and O–H groups in total. The molecule has 0 aliphatic carbocycles. The molecule has 0 aliphatic heterocycles. The molecule has 3 aromatic rings. The van der Waals surface area contributed by atoms with Gasteiger partial charge in [-0.25, -0.2) is 9.48 Å². The fourth-order valence-electron chi connectivity index (χ4n) is 2.35. The highest BCUT2D eigenvalue weighted by molar-refractivity contribution is 5.99. The number of nitrogen functional groups attached to an aromatic ring is 1. The lowest BCUT2D eigenvalue weighted by molar-refractivity contribution is 0.0602. The summed E-state index contributed by atoms with van der Waals surface area (Å²) in [6.07, 6.45) is 3.10. The second kappa shape index (κ2) is 6.07. The van der Waals surface area contributed by atoms with E-state index in [9.17, 15) is 9.59 Å². The number of ether oxygens (including phenoxy) is 1. The topological polar surface area (TPSA) is 131 Å². The number of methoxy groups -OCH3 is 1. The number of hydrogen-bond donors (Lipinski definition) is 1. The summed E-state index contributed by atoms with van der Waals surface area (Å²) >= 11 is 0. The van der Waals surface area contributed by atoms with E-state index in [1.165, 1.54) is 28.7 Å². The predicted octanol–water partition coefficient (Wildman–Crippen LogP) is 0.0130. The van der Waals surface area contributed by atoms with Crippen LogP contribution in [0.4, 0.5) is 5.69 Å². The van der Waals surface area contributed by atoms with E-state index < -0.39 is 5.97 Å². The molecule has 0 radical (unpaired) electrons. The second-order valence-corrected chi connectivity index (χ2v) is 5.22. The van der Waals surface area contributed by atoms with E-state index in [2.05, 4.69) is 25.2 Å². The van der Waals surface area contributed by atoms with Crippen molar-refractivity contribution >= 4 is 22.6 Å². The molecule has 10 heteroatoms. The lowest BCUT2D eigenvalue weighted by Gasteiger charge is -2.13. The molecule has 1 aromatic carbocycles. The summed E-state index contributed by atoms with van der Waals surface area (Å²) in [5.74, 6) is -0.599. The van der Waals surface area contributed by atoms with Crippen molar-refractivity contribution in [3.63, 3.8) is 0 Å². The van der Waals surface area contributed by atoms with E-state index in [4.69, 9.17) is 5.73 Å². The predicted molar refractivity (Wildman–Crippen MR) is 84.3 cm³/mol. The first kappa shape index (κ1) is 15.6. The normalized spacial score (nSPS) is 12.2. The Morgan fingerprint density at radius 1 is 1.33 bits per heavy atom. The molecule has 10 nitrogen and oxygen atoms in total. The smallest absolute Gasteiger partial charge is 0.340 e. The van der Waals surface area contributed by atoms with Crippen molar-refractivity contribution in [1.82, 2.24) is 30.0 Å². The SMILES string of the molecule is COC(=O)c1cc2nnn(C(C)Cn3nccn3)c(=O)c2cc1N. The quantitative estimate of drug-likeness (QED) is 0.523. The zero-order valence-corrected chi connectivity index (χ0v) is 13.1. The average molecular weight is 329 g/mol. The van der Waals surface area contributed by atoms with Crippen molar-refractivity contribution in [2.75, 3.05) is 12.8 Å². The minimum atomic E-state index is -0.599. The number of esters is 1. The maximum atomic E-state index is 12.6. The van der Waals surface area contributed by atoms with Gasteiger partial charge >= 0.3 is 5.97 Å². The van der Waals surface area contributed by atoms with Crippen LogP contribution in [0.5, 0.6) is 0 Å². The maximum Gasteiger partial charge on any atom is 0.340 e. The van der Waals surface area contributed by atoms with Crippen LogP contribution in [-0.4, -0.2) is 43.1 Å². The van der Waals surface area contributed by atoms with E-state index >= 15 is 0 Å². The Bertz CT molecular complexity index is 949. The summed E-state index contributed by atoms with van der Waals surface area (Å²) in [5, 5.41) is 16.2. The number of hydrogen-bond acceptors (Lipinski definition) is 8. The highest BCUT2D eigenvalue weighted by Crippen LogP contribution is 2.19. The molecule has 1 atom stereocenters. The number of carbonyl (C=O) groups is 1. The number of rotatable bonds is 4. The molecular weight excluding hydrogens is 314 g/mol. The van der Waals surface area contributed by atoms with Crippen LogP contribution in [0.2, 0.25) is 0 Å². The third-order valence-corrected chi connectivity index (χ3v) is 3.57. The lowest BCUT2D eigenvalue weighted by Crippen LogP contribution is -2.30. The Kier molecular flexibility index (Phi) is 3.94. The summed E-state index contributed by atoms with van der Waals surface area (Å²) < 4.78 is 5.89. The molecule has 0 aliphatic rings. The van der Waals surface area contributed by atoms with Gasteiger partial charge in [-0.2, -0.15) is 15.0 Å². The number of fused-ring (bicyclic) bond motifs is 1. The number of nitrogens with two attached hydrogens (primary N) is 1. The molecule has 0 bridgehead atoms. The highest BCUT2D eigenvalue weighted by atomic mass is 16.5. The first-order chi connectivity index (χ1) is 11.5. The summed E-state index contributed by atoms with van der Waals surface area (Å²) in [6, 6.07) is 2.49. The van der Waals surface area contributed by atoms with Crippen LogP contribution in [0, 0.1) is 0 Å². The van der Waals surface area contributed by atoms with Gasteiger partial charge in [-0.15, -0.1) is 5.10 Å². The second-order valence-electron chi connectivity index (χ2n) is 5.22. The number of carbonyl (C=O) groups excluding carboxylic acids is 1. The summed E-state index contributed by atoms with van der Waals surface area (Å²) in [4.78, 5) is 25.8. The monoisotopic (exact) mass is 329 g/mol. The molecular formula is C14H15N7O3. The zero-order valence-electron chi connectivity index (χ0n) is 13.1. The fourth-order valence-corrected chi connectivity index (χ4v) is 2.35. The molecule has 0 amide bonds. The molecule has 0 saturated heterocycles. The fraction of sp³-hybridized carbons (Fsp3) is 0.286. The van der Waals surface area contributed by atoms with Gasteiger partial charge in [-0.05, 0) is 19.1 Å². The molecule has 24 heavy (non-hydrogen) atoms. The summed E-state index contributed by atoms with van der Waals surface area (Å²) in [7, 11) is 1.25. The van der Waals surface area contributed by atoms with E-state index in [1.54, 1.807) is 19.3 Å². The van der Waals surface area contributed by atoms with Crippen LogP contribution in [0.3, 0.4) is 0 Å². The molecule has 2 heterocycles. The van der Waals surface area contributed by atoms with Crippen molar-refractivity contribution in [3.05, 3.63) is 40.4 Å². The van der Waals surface area contributed by atoms with Crippen molar-refractivity contribution in [2.24, 2.45) is 0 Å². The number of benzene rings is 1. The van der Waals surface area contributed by atoms with Crippen LogP contribution >= 0.6 is 0 Å². The van der Waals surface area contributed by atoms with Crippen molar-refractivity contribution < 1.29 is 9.53 Å². The third kappa shape index (κ3) is 2.69. The Morgan fingerprint density at radius 3 is 2.71 bits per heavy atom. The van der Waals surface area contributed by atoms with Crippen molar-refractivity contribution in [3.8, 4) is 0 Å². The van der Waals surface area contributed by atoms with E-state index in [0.29, 0.717) is 6.54 Å². The first-order valence-corrected chi connectivity index (χ1v) is 7.12. The molecule has 0 spiro atoms. The van der Waals surface area contributed by atoms with Gasteiger partial charge in [0.05, 0.1) is 43.0 Å². The molecule has 3 rings (SSSR count). The molecule has 124 valence electrons. The van der Waals surface area contributed by atoms with E-state index in [-0.39, 0.29) is 33.8 Å². The maximum absolute atomic E-state index is 12.6. The van der Waals surface area contributed by atoms with Gasteiger partial charge in [0.25, 0.3) is 5.56 Å². The number of nitrogens with zero attached hydrogens (tertiary/aromatic N) is 6. The Morgan fingerprint density at radius 2 is 2.04 bits per heavy atom. The molecule has 0 saturated carbocycles. The van der Waals surface area contributed by atoms with Gasteiger partial charge in [0.2, 0.25) is 0 Å². The largest absolute Gasteiger partial charge is 0.465 e. The number of aromatic nitrogens is 6. The standard InChI is InChI=1S/C14H15N7O3/c1-8(7-20-16-3-4-17-20)21-13(22)10-5-11(15)9(14(23)24-2)6-12(10)18-19-21/h3-6,8H,7,15H2,1-2H3. The highest BCUT2D eigenvalue weighted by Gasteiger charge is 2.17. The van der Waals surface area contributed by atoms with Crippen LogP contribution in [0.25, 0.3) is 10.9 Å². The zero-order chi connectivity index (χ0) is 17.3. The van der Waals surface area contributed by atoms with Gasteiger partial charge < -0.3 is 10.5 Å². The van der Waals surface area contributed by atoms with E-state index in [1.807, 2.05) is 0 Å². The van der Waals surface area contributed by atoms with Gasteiger partial charge in [0, 0.05) is 5.69 Å². The van der Waals surface area contributed by atoms with Gasteiger partial charge in [-0.3, -0.25) is 4.79 Å². The third-order valence-electron chi connectivity index (χ3n) is 3.57.